The highest BCUT2D eigenvalue weighted by Crippen LogP contribution is 2.32. The normalized spacial score (nSPS) is 10.8. The molecule has 0 saturated carbocycles. The molecule has 0 bridgehead atoms. The van der Waals surface area contributed by atoms with Gasteiger partial charge in [0.15, 0.2) is 23.9 Å². The van der Waals surface area contributed by atoms with Gasteiger partial charge in [-0.15, -0.1) is 0 Å². The molecule has 168 valence electrons. The Labute approximate surface area is 186 Å². The summed E-state index contributed by atoms with van der Waals surface area (Å²) in [5.74, 6) is -0.753. The van der Waals surface area contributed by atoms with Crippen LogP contribution in [0.4, 0.5) is 8.78 Å². The number of Topliss-reactive ketones (excluding diaryl/α,β-unsaturated/α-hetero) is 1. The second kappa shape index (κ2) is 10.7. The molecule has 1 heterocycles. The van der Waals surface area contributed by atoms with Crippen LogP contribution < -0.4 is 9.47 Å². The van der Waals surface area contributed by atoms with Crippen LogP contribution in [0.15, 0.2) is 47.0 Å². The Morgan fingerprint density at radius 3 is 2.53 bits per heavy atom. The molecular formula is C21H17ClF2N2O6. The summed E-state index contributed by atoms with van der Waals surface area (Å²) in [6, 6.07) is 10.5. The maximum Gasteiger partial charge on any atom is 0.387 e. The van der Waals surface area contributed by atoms with Crippen LogP contribution in [0.25, 0.3) is 11.4 Å². The van der Waals surface area contributed by atoms with Crippen molar-refractivity contribution in [3.8, 4) is 22.9 Å². The van der Waals surface area contributed by atoms with E-state index in [1.54, 1.807) is 24.3 Å². The minimum absolute atomic E-state index is 0.0178. The molecule has 11 heteroatoms. The standard InChI is InChI=1S/C21H17ClF2N2O6/c1-29-17-10-13(4-8-16(17)31-21(23)24)20-25-18(32-26-20)11-30-19(28)9-7-15(27)12-2-5-14(22)6-3-12/h2-6,8,10,21H,7,9,11H2,1H3. The number of ketones is 1. The maximum atomic E-state index is 12.4. The average molecular weight is 467 g/mol. The number of benzene rings is 2. The number of rotatable bonds is 10. The fourth-order valence-corrected chi connectivity index (χ4v) is 2.77. The SMILES string of the molecule is COc1cc(-c2noc(COC(=O)CCC(=O)c3ccc(Cl)cc3)n2)ccc1OC(F)F. The molecule has 0 spiro atoms. The average Bonchev–Trinajstić information content (AvgIpc) is 3.25. The predicted molar refractivity (Wildman–Crippen MR) is 108 cm³/mol. The van der Waals surface area contributed by atoms with Crippen LogP contribution >= 0.6 is 11.6 Å². The Kier molecular flexibility index (Phi) is 7.72. The fraction of sp³-hybridized carbons (Fsp3) is 0.238. The molecule has 0 saturated heterocycles. The Bertz CT molecular complexity index is 1090. The molecule has 0 aliphatic heterocycles. The summed E-state index contributed by atoms with van der Waals surface area (Å²) >= 11 is 5.78. The van der Waals surface area contributed by atoms with Crippen LogP contribution in [0.5, 0.6) is 11.5 Å². The van der Waals surface area contributed by atoms with Crippen molar-refractivity contribution in [1.29, 1.82) is 0 Å². The van der Waals surface area contributed by atoms with Crippen LogP contribution in [0.2, 0.25) is 5.02 Å². The van der Waals surface area contributed by atoms with E-state index in [0.29, 0.717) is 16.1 Å². The van der Waals surface area contributed by atoms with Gasteiger partial charge in [-0.2, -0.15) is 13.8 Å². The number of esters is 1. The number of carbonyl (C=O) groups is 2. The van der Waals surface area contributed by atoms with Crippen molar-refractivity contribution in [1.82, 2.24) is 10.1 Å². The minimum Gasteiger partial charge on any atom is -0.493 e. The molecule has 2 aromatic carbocycles. The van der Waals surface area contributed by atoms with Gasteiger partial charge in [0.2, 0.25) is 5.82 Å². The first-order valence-corrected chi connectivity index (χ1v) is 9.63. The highest BCUT2D eigenvalue weighted by atomic mass is 35.5. The molecule has 1 aromatic heterocycles. The first-order chi connectivity index (χ1) is 15.4. The first kappa shape index (κ1) is 23.1. The molecule has 0 fully saturated rings. The summed E-state index contributed by atoms with van der Waals surface area (Å²) in [6.45, 7) is -3.28. The van der Waals surface area contributed by atoms with Gasteiger partial charge in [0.1, 0.15) is 0 Å². The van der Waals surface area contributed by atoms with Gasteiger partial charge in [0.05, 0.1) is 13.5 Å². The van der Waals surface area contributed by atoms with Gasteiger partial charge in [-0.3, -0.25) is 9.59 Å². The van der Waals surface area contributed by atoms with Crippen molar-refractivity contribution in [2.75, 3.05) is 7.11 Å². The lowest BCUT2D eigenvalue weighted by Gasteiger charge is -2.10. The summed E-state index contributed by atoms with van der Waals surface area (Å²) in [5, 5.41) is 4.27. The van der Waals surface area contributed by atoms with Gasteiger partial charge in [-0.25, -0.2) is 0 Å². The number of ether oxygens (including phenoxy) is 3. The number of hydrogen-bond donors (Lipinski definition) is 0. The number of halogens is 3. The van der Waals surface area contributed by atoms with E-state index in [1.165, 1.54) is 25.3 Å². The van der Waals surface area contributed by atoms with E-state index in [0.717, 1.165) is 0 Å². The minimum atomic E-state index is -3.00. The van der Waals surface area contributed by atoms with Gasteiger partial charge in [-0.1, -0.05) is 16.8 Å². The molecule has 32 heavy (non-hydrogen) atoms. The van der Waals surface area contributed by atoms with E-state index >= 15 is 0 Å². The number of methoxy groups -OCH3 is 1. The zero-order valence-corrected chi connectivity index (χ0v) is 17.5. The Hall–Kier alpha value is -3.53. The molecule has 0 aliphatic carbocycles. The van der Waals surface area contributed by atoms with E-state index in [9.17, 15) is 18.4 Å². The summed E-state index contributed by atoms with van der Waals surface area (Å²) in [4.78, 5) is 28.1. The molecular weight excluding hydrogens is 450 g/mol. The van der Waals surface area contributed by atoms with Crippen molar-refractivity contribution >= 4 is 23.4 Å². The molecule has 0 atom stereocenters. The van der Waals surface area contributed by atoms with Crippen molar-refractivity contribution < 1.29 is 37.1 Å². The summed E-state index contributed by atoms with van der Waals surface area (Å²) in [7, 11) is 1.30. The summed E-state index contributed by atoms with van der Waals surface area (Å²) in [6.07, 6.45) is -0.145. The quantitative estimate of drug-likeness (QED) is 0.313. The van der Waals surface area contributed by atoms with Gasteiger partial charge in [0.25, 0.3) is 5.89 Å². The molecule has 3 rings (SSSR count). The molecule has 0 aliphatic rings. The highest BCUT2D eigenvalue weighted by molar-refractivity contribution is 6.30. The molecule has 8 nitrogen and oxygen atoms in total. The van der Waals surface area contributed by atoms with Crippen LogP contribution in [0.3, 0.4) is 0 Å². The monoisotopic (exact) mass is 466 g/mol. The van der Waals surface area contributed by atoms with E-state index < -0.39 is 12.6 Å². The predicted octanol–water partition coefficient (Wildman–Crippen LogP) is 4.71. The molecule has 3 aromatic rings. The third-order valence-corrected chi connectivity index (χ3v) is 4.44. The molecule has 0 N–H and O–H groups in total. The fourth-order valence-electron chi connectivity index (χ4n) is 2.64. The zero-order chi connectivity index (χ0) is 23.1. The number of alkyl halides is 2. The maximum absolute atomic E-state index is 12.4. The van der Waals surface area contributed by atoms with Gasteiger partial charge < -0.3 is 18.7 Å². The molecule has 0 radical (unpaired) electrons. The second-order valence-electron chi connectivity index (χ2n) is 6.35. The van der Waals surface area contributed by atoms with E-state index in [2.05, 4.69) is 14.9 Å². The van der Waals surface area contributed by atoms with Gasteiger partial charge >= 0.3 is 12.6 Å². The van der Waals surface area contributed by atoms with E-state index in [4.69, 9.17) is 25.6 Å². The largest absolute Gasteiger partial charge is 0.493 e. The molecule has 0 amide bonds. The Morgan fingerprint density at radius 2 is 1.84 bits per heavy atom. The lowest BCUT2D eigenvalue weighted by Crippen LogP contribution is -2.08. The van der Waals surface area contributed by atoms with Gasteiger partial charge in [-0.05, 0) is 42.5 Å². The first-order valence-electron chi connectivity index (χ1n) is 9.26. The Morgan fingerprint density at radius 1 is 1.09 bits per heavy atom. The van der Waals surface area contributed by atoms with E-state index in [-0.39, 0.29) is 48.4 Å². The lowest BCUT2D eigenvalue weighted by molar-refractivity contribution is -0.145. The highest BCUT2D eigenvalue weighted by Gasteiger charge is 2.16. The molecule has 0 unspecified atom stereocenters. The second-order valence-corrected chi connectivity index (χ2v) is 6.78. The van der Waals surface area contributed by atoms with Crippen molar-refractivity contribution in [2.45, 2.75) is 26.1 Å². The van der Waals surface area contributed by atoms with Crippen molar-refractivity contribution in [3.63, 3.8) is 0 Å². The number of aromatic nitrogens is 2. The third-order valence-electron chi connectivity index (χ3n) is 4.18. The number of carbonyl (C=O) groups excluding carboxylic acids is 2. The van der Waals surface area contributed by atoms with Crippen LogP contribution in [-0.4, -0.2) is 35.6 Å². The van der Waals surface area contributed by atoms with Gasteiger partial charge in [0, 0.05) is 22.6 Å². The van der Waals surface area contributed by atoms with Crippen molar-refractivity contribution in [2.24, 2.45) is 0 Å². The van der Waals surface area contributed by atoms with Crippen molar-refractivity contribution in [3.05, 3.63) is 58.9 Å². The number of hydrogen-bond acceptors (Lipinski definition) is 8. The van der Waals surface area contributed by atoms with Crippen LogP contribution in [0, 0.1) is 0 Å². The van der Waals surface area contributed by atoms with Crippen LogP contribution in [0.1, 0.15) is 29.1 Å². The Balaban J connectivity index is 1.53. The third kappa shape index (κ3) is 6.24. The lowest BCUT2D eigenvalue weighted by atomic mass is 10.1. The topological polar surface area (TPSA) is 101 Å². The zero-order valence-electron chi connectivity index (χ0n) is 16.7. The van der Waals surface area contributed by atoms with Crippen LogP contribution in [-0.2, 0) is 16.1 Å². The van der Waals surface area contributed by atoms with E-state index in [1.807, 2.05) is 0 Å². The smallest absolute Gasteiger partial charge is 0.387 e. The summed E-state index contributed by atoms with van der Waals surface area (Å²) < 4.78 is 44.3. The summed E-state index contributed by atoms with van der Waals surface area (Å²) in [5.41, 5.74) is 0.863. The number of nitrogens with zero attached hydrogens (tertiary/aromatic N) is 2.